The van der Waals surface area contributed by atoms with Crippen molar-refractivity contribution in [1.29, 1.82) is 0 Å². The molecule has 0 amide bonds. The smallest absolute Gasteiger partial charge is 0.231 e. The fourth-order valence-electron chi connectivity index (χ4n) is 1.19. The van der Waals surface area contributed by atoms with Gasteiger partial charge in [-0.3, -0.25) is 0 Å². The Morgan fingerprint density at radius 2 is 2.06 bits per heavy atom. The van der Waals surface area contributed by atoms with Crippen LogP contribution in [0.25, 0.3) is 0 Å². The van der Waals surface area contributed by atoms with E-state index in [1.165, 1.54) is 0 Å². The van der Waals surface area contributed by atoms with Crippen LogP contribution in [-0.4, -0.2) is 43.1 Å². The van der Waals surface area contributed by atoms with Crippen LogP contribution in [0.5, 0.6) is 0 Å². The lowest BCUT2D eigenvalue weighted by atomic mass is 10.1. The van der Waals surface area contributed by atoms with Crippen molar-refractivity contribution in [3.8, 4) is 0 Å². The van der Waals surface area contributed by atoms with Gasteiger partial charge in [0.15, 0.2) is 5.82 Å². The number of rotatable bonds is 8. The summed E-state index contributed by atoms with van der Waals surface area (Å²) >= 11 is 0. The summed E-state index contributed by atoms with van der Waals surface area (Å²) < 4.78 is 15.3. The van der Waals surface area contributed by atoms with E-state index in [9.17, 15) is 0 Å². The maximum absolute atomic E-state index is 5.77. The highest BCUT2D eigenvalue weighted by Gasteiger charge is 2.17. The topological polar surface area (TPSA) is 83.4 Å². The van der Waals surface area contributed by atoms with E-state index in [0.29, 0.717) is 38.0 Å². The normalized spacial score (nSPS) is 14.8. The summed E-state index contributed by atoms with van der Waals surface area (Å²) in [5, 5.41) is 3.88. The van der Waals surface area contributed by atoms with Crippen LogP contribution in [0, 0.1) is 0 Å². The first-order chi connectivity index (χ1) is 8.15. The van der Waals surface area contributed by atoms with Gasteiger partial charge in [-0.1, -0.05) is 12.1 Å². The van der Waals surface area contributed by atoms with E-state index < -0.39 is 0 Å². The van der Waals surface area contributed by atoms with Gasteiger partial charge in [0.1, 0.15) is 0 Å². The molecule has 0 saturated heterocycles. The van der Waals surface area contributed by atoms with Crippen molar-refractivity contribution in [3.63, 3.8) is 0 Å². The summed E-state index contributed by atoms with van der Waals surface area (Å²) in [5.74, 6) is 1.32. The van der Waals surface area contributed by atoms with Gasteiger partial charge in [0.05, 0.1) is 25.7 Å². The number of ether oxygens (including phenoxy) is 2. The predicted octanol–water partition coefficient (Wildman–Crippen LogP) is 0.726. The van der Waals surface area contributed by atoms with Gasteiger partial charge < -0.3 is 19.7 Å². The first kappa shape index (κ1) is 14.1. The summed E-state index contributed by atoms with van der Waals surface area (Å²) in [4.78, 5) is 4.28. The molecule has 17 heavy (non-hydrogen) atoms. The molecular weight excluding hydrogens is 222 g/mol. The van der Waals surface area contributed by atoms with Crippen LogP contribution in [-0.2, 0) is 15.9 Å². The van der Waals surface area contributed by atoms with Crippen LogP contribution in [0.2, 0.25) is 0 Å². The van der Waals surface area contributed by atoms with Crippen LogP contribution in [0.3, 0.4) is 0 Å². The van der Waals surface area contributed by atoms with Crippen LogP contribution in [0.1, 0.15) is 31.5 Å². The number of hydrogen-bond donors (Lipinski definition) is 1. The Balaban J connectivity index is 2.31. The number of aromatic nitrogens is 2. The second-order valence-corrected chi connectivity index (χ2v) is 4.05. The minimum atomic E-state index is 0.00116. The zero-order valence-corrected chi connectivity index (χ0v) is 10.7. The molecule has 0 fully saturated rings. The Kier molecular flexibility index (Phi) is 6.10. The maximum atomic E-state index is 5.77. The van der Waals surface area contributed by atoms with Crippen molar-refractivity contribution in [3.05, 3.63) is 11.7 Å². The molecule has 0 aliphatic carbocycles. The second kappa shape index (κ2) is 7.37. The van der Waals surface area contributed by atoms with Gasteiger partial charge in [0.2, 0.25) is 5.89 Å². The predicted molar refractivity (Wildman–Crippen MR) is 62.8 cm³/mol. The number of nitrogens with two attached hydrogens (primary N) is 1. The van der Waals surface area contributed by atoms with Gasteiger partial charge in [-0.05, 0) is 6.92 Å². The standard InChI is InChI=1S/C11H21N3O3/c1-8(9(2)12)11-13-10(14-17-11)4-5-16-7-6-15-3/h8-9H,4-7,12H2,1-3H3. The fourth-order valence-corrected chi connectivity index (χ4v) is 1.19. The summed E-state index contributed by atoms with van der Waals surface area (Å²) in [6, 6.07) is 0.00116. The monoisotopic (exact) mass is 243 g/mol. The lowest BCUT2D eigenvalue weighted by Gasteiger charge is -2.09. The van der Waals surface area contributed by atoms with E-state index in [0.717, 1.165) is 0 Å². The highest BCUT2D eigenvalue weighted by Crippen LogP contribution is 2.15. The Morgan fingerprint density at radius 1 is 1.29 bits per heavy atom. The molecule has 0 aliphatic rings. The Morgan fingerprint density at radius 3 is 2.71 bits per heavy atom. The zero-order valence-electron chi connectivity index (χ0n) is 10.7. The third kappa shape index (κ3) is 4.80. The minimum absolute atomic E-state index is 0.00116. The van der Waals surface area contributed by atoms with Gasteiger partial charge in [0.25, 0.3) is 0 Å². The average molecular weight is 243 g/mol. The van der Waals surface area contributed by atoms with Gasteiger partial charge >= 0.3 is 0 Å². The van der Waals surface area contributed by atoms with Gasteiger partial charge in [-0.2, -0.15) is 4.98 Å². The van der Waals surface area contributed by atoms with E-state index in [-0.39, 0.29) is 12.0 Å². The molecule has 2 N–H and O–H groups in total. The number of nitrogens with zero attached hydrogens (tertiary/aromatic N) is 2. The zero-order chi connectivity index (χ0) is 12.7. The molecular formula is C11H21N3O3. The van der Waals surface area contributed by atoms with E-state index in [1.807, 2.05) is 13.8 Å². The quantitative estimate of drug-likeness (QED) is 0.677. The van der Waals surface area contributed by atoms with Crippen molar-refractivity contribution < 1.29 is 14.0 Å². The van der Waals surface area contributed by atoms with Crippen molar-refractivity contribution in [2.75, 3.05) is 26.9 Å². The number of methoxy groups -OCH3 is 1. The highest BCUT2D eigenvalue weighted by atomic mass is 16.5. The third-order valence-corrected chi connectivity index (χ3v) is 2.56. The lowest BCUT2D eigenvalue weighted by molar-refractivity contribution is 0.0714. The highest BCUT2D eigenvalue weighted by molar-refractivity contribution is 4.95. The molecule has 0 radical (unpaired) electrons. The minimum Gasteiger partial charge on any atom is -0.382 e. The van der Waals surface area contributed by atoms with E-state index >= 15 is 0 Å². The Hall–Kier alpha value is -0.980. The molecule has 0 bridgehead atoms. The van der Waals surface area contributed by atoms with E-state index in [4.69, 9.17) is 19.7 Å². The molecule has 98 valence electrons. The molecule has 2 atom stereocenters. The molecule has 2 unspecified atom stereocenters. The largest absolute Gasteiger partial charge is 0.382 e. The summed E-state index contributed by atoms with van der Waals surface area (Å²) in [6.07, 6.45) is 0.638. The van der Waals surface area contributed by atoms with Gasteiger partial charge in [0, 0.05) is 19.6 Å². The molecule has 0 aliphatic heterocycles. The van der Waals surface area contributed by atoms with Crippen LogP contribution >= 0.6 is 0 Å². The summed E-state index contributed by atoms with van der Waals surface area (Å²) in [7, 11) is 1.64. The number of hydrogen-bond acceptors (Lipinski definition) is 6. The van der Waals surface area contributed by atoms with E-state index in [1.54, 1.807) is 7.11 Å². The fraction of sp³-hybridized carbons (Fsp3) is 0.818. The Bertz CT molecular complexity index is 315. The van der Waals surface area contributed by atoms with Gasteiger partial charge in [-0.25, -0.2) is 0 Å². The van der Waals surface area contributed by atoms with E-state index in [2.05, 4.69) is 10.1 Å². The van der Waals surface area contributed by atoms with Crippen molar-refractivity contribution in [2.45, 2.75) is 32.2 Å². The lowest BCUT2D eigenvalue weighted by Crippen LogP contribution is -2.22. The summed E-state index contributed by atoms with van der Waals surface area (Å²) in [6.45, 7) is 5.63. The first-order valence-electron chi connectivity index (χ1n) is 5.80. The maximum Gasteiger partial charge on any atom is 0.231 e. The molecule has 1 heterocycles. The van der Waals surface area contributed by atoms with Crippen molar-refractivity contribution >= 4 is 0 Å². The molecule has 0 aromatic carbocycles. The molecule has 0 spiro atoms. The first-order valence-corrected chi connectivity index (χ1v) is 5.80. The molecule has 6 nitrogen and oxygen atoms in total. The molecule has 1 rings (SSSR count). The van der Waals surface area contributed by atoms with Crippen molar-refractivity contribution in [2.24, 2.45) is 5.73 Å². The van der Waals surface area contributed by atoms with Crippen LogP contribution in [0.15, 0.2) is 4.52 Å². The van der Waals surface area contributed by atoms with Crippen LogP contribution in [0.4, 0.5) is 0 Å². The van der Waals surface area contributed by atoms with Crippen LogP contribution < -0.4 is 5.73 Å². The third-order valence-electron chi connectivity index (χ3n) is 2.56. The SMILES string of the molecule is COCCOCCc1noc(C(C)C(C)N)n1. The molecule has 1 aromatic rings. The molecule has 1 aromatic heterocycles. The van der Waals surface area contributed by atoms with Gasteiger partial charge in [-0.15, -0.1) is 0 Å². The average Bonchev–Trinajstić information content (AvgIpc) is 2.76. The molecule has 0 saturated carbocycles. The second-order valence-electron chi connectivity index (χ2n) is 4.05. The Labute approximate surface area is 101 Å². The molecule has 6 heteroatoms. The van der Waals surface area contributed by atoms with Crippen molar-refractivity contribution in [1.82, 2.24) is 10.1 Å². The summed E-state index contributed by atoms with van der Waals surface area (Å²) in [5.41, 5.74) is 5.77.